The molecule has 1 aliphatic heterocycles. The van der Waals surface area contributed by atoms with Gasteiger partial charge in [0, 0.05) is 32.7 Å². The van der Waals surface area contributed by atoms with Crippen molar-refractivity contribution >= 4 is 35.8 Å². The van der Waals surface area contributed by atoms with Crippen molar-refractivity contribution in [2.24, 2.45) is 4.99 Å². The smallest absolute Gasteiger partial charge is 0.251 e. The molecule has 7 nitrogen and oxygen atoms in total. The second-order valence-corrected chi connectivity index (χ2v) is 7.97. The fourth-order valence-electron chi connectivity index (χ4n) is 4.03. The second kappa shape index (κ2) is 14.0. The van der Waals surface area contributed by atoms with Gasteiger partial charge in [-0.15, -0.1) is 24.0 Å². The van der Waals surface area contributed by atoms with Crippen LogP contribution in [0.2, 0.25) is 0 Å². The number of carbonyl (C=O) groups excluding carboxylic acids is 1. The van der Waals surface area contributed by atoms with Gasteiger partial charge in [0.1, 0.15) is 5.75 Å². The van der Waals surface area contributed by atoms with Crippen LogP contribution in [0.5, 0.6) is 5.75 Å². The van der Waals surface area contributed by atoms with Crippen molar-refractivity contribution in [2.45, 2.75) is 31.8 Å². The molecule has 33 heavy (non-hydrogen) atoms. The number of ether oxygens (including phenoxy) is 1. The van der Waals surface area contributed by atoms with Crippen LogP contribution in [0.15, 0.2) is 53.5 Å². The van der Waals surface area contributed by atoms with E-state index in [1.165, 1.54) is 24.8 Å². The average Bonchev–Trinajstić information content (AvgIpc) is 2.86. The number of halogens is 1. The third-order valence-corrected chi connectivity index (χ3v) is 5.92. The van der Waals surface area contributed by atoms with Crippen molar-refractivity contribution in [3.8, 4) is 5.75 Å². The highest BCUT2D eigenvalue weighted by Gasteiger charge is 2.22. The molecule has 3 N–H and O–H groups in total. The van der Waals surface area contributed by atoms with Crippen molar-refractivity contribution in [3.05, 3.63) is 65.2 Å². The first-order valence-corrected chi connectivity index (χ1v) is 11.3. The van der Waals surface area contributed by atoms with E-state index in [0.717, 1.165) is 36.9 Å². The van der Waals surface area contributed by atoms with Gasteiger partial charge < -0.3 is 20.7 Å². The lowest BCUT2D eigenvalue weighted by molar-refractivity contribution is 0.0963. The van der Waals surface area contributed by atoms with Gasteiger partial charge in [0.2, 0.25) is 0 Å². The predicted octanol–water partition coefficient (Wildman–Crippen LogP) is 3.57. The molecule has 1 heterocycles. The molecule has 0 saturated carbocycles. The van der Waals surface area contributed by atoms with E-state index in [0.29, 0.717) is 12.1 Å². The van der Waals surface area contributed by atoms with E-state index in [4.69, 9.17) is 4.74 Å². The van der Waals surface area contributed by atoms with Gasteiger partial charge in [0.15, 0.2) is 5.96 Å². The van der Waals surface area contributed by atoms with Crippen molar-refractivity contribution in [1.82, 2.24) is 20.9 Å². The lowest BCUT2D eigenvalue weighted by Crippen LogP contribution is -2.44. The Balaban J connectivity index is 0.00000385. The fourth-order valence-corrected chi connectivity index (χ4v) is 4.03. The third-order valence-electron chi connectivity index (χ3n) is 5.92. The molecule has 2 aromatic carbocycles. The lowest BCUT2D eigenvalue weighted by atomic mass is 10.0. The monoisotopic (exact) mass is 565 g/mol. The number of hydrogen-bond acceptors (Lipinski definition) is 4. The zero-order chi connectivity index (χ0) is 22.8. The Morgan fingerprint density at radius 2 is 1.70 bits per heavy atom. The Morgan fingerprint density at radius 3 is 2.27 bits per heavy atom. The van der Waals surface area contributed by atoms with E-state index in [-0.39, 0.29) is 35.9 Å². The maximum atomic E-state index is 11.7. The van der Waals surface area contributed by atoms with Crippen LogP contribution in [0.25, 0.3) is 0 Å². The molecule has 0 radical (unpaired) electrons. The Hall–Kier alpha value is -2.33. The zero-order valence-electron chi connectivity index (χ0n) is 19.8. The van der Waals surface area contributed by atoms with Crippen molar-refractivity contribution < 1.29 is 9.53 Å². The van der Waals surface area contributed by atoms with Crippen LogP contribution in [0, 0.1) is 0 Å². The van der Waals surface area contributed by atoms with E-state index in [2.05, 4.69) is 38.0 Å². The Labute approximate surface area is 214 Å². The van der Waals surface area contributed by atoms with Crippen LogP contribution in [-0.2, 0) is 6.54 Å². The summed E-state index contributed by atoms with van der Waals surface area (Å²) in [5, 5.41) is 9.52. The lowest BCUT2D eigenvalue weighted by Gasteiger charge is -2.35. The van der Waals surface area contributed by atoms with Gasteiger partial charge in [-0.3, -0.25) is 14.7 Å². The number of methoxy groups -OCH3 is 1. The van der Waals surface area contributed by atoms with Gasteiger partial charge in [-0.25, -0.2) is 0 Å². The number of benzene rings is 2. The van der Waals surface area contributed by atoms with Crippen LogP contribution in [0.1, 0.15) is 46.8 Å². The molecule has 2 aromatic rings. The largest absolute Gasteiger partial charge is 0.497 e. The van der Waals surface area contributed by atoms with Gasteiger partial charge in [0.05, 0.1) is 13.2 Å². The topological polar surface area (TPSA) is 78.0 Å². The number of guanidine groups is 1. The summed E-state index contributed by atoms with van der Waals surface area (Å²) in [6, 6.07) is 16.2. The van der Waals surface area contributed by atoms with Crippen LogP contribution < -0.4 is 20.7 Å². The predicted molar refractivity (Wildman–Crippen MR) is 145 cm³/mol. The molecule has 1 atom stereocenters. The van der Waals surface area contributed by atoms with Crippen molar-refractivity contribution in [1.29, 1.82) is 0 Å². The number of rotatable bonds is 8. The quantitative estimate of drug-likeness (QED) is 0.259. The van der Waals surface area contributed by atoms with Crippen molar-refractivity contribution in [2.75, 3.05) is 40.8 Å². The molecule has 180 valence electrons. The number of amides is 1. The third kappa shape index (κ3) is 7.89. The molecule has 0 bridgehead atoms. The zero-order valence-corrected chi connectivity index (χ0v) is 22.1. The van der Waals surface area contributed by atoms with E-state index in [1.807, 2.05) is 36.4 Å². The first kappa shape index (κ1) is 26.9. The summed E-state index contributed by atoms with van der Waals surface area (Å²) in [5.74, 6) is 1.55. The molecule has 1 amide bonds. The highest BCUT2D eigenvalue weighted by atomic mass is 127. The maximum Gasteiger partial charge on any atom is 0.251 e. The molecular weight excluding hydrogens is 529 g/mol. The molecule has 1 unspecified atom stereocenters. The van der Waals surface area contributed by atoms with E-state index < -0.39 is 0 Å². The Kier molecular flexibility index (Phi) is 11.5. The summed E-state index contributed by atoms with van der Waals surface area (Å²) in [6.07, 6.45) is 3.79. The minimum atomic E-state index is -0.0794. The van der Waals surface area contributed by atoms with Gasteiger partial charge in [-0.2, -0.15) is 0 Å². The summed E-state index contributed by atoms with van der Waals surface area (Å²) in [4.78, 5) is 18.7. The molecule has 0 spiro atoms. The second-order valence-electron chi connectivity index (χ2n) is 7.97. The first-order valence-electron chi connectivity index (χ1n) is 11.3. The number of hydrogen-bond donors (Lipinski definition) is 3. The maximum absolute atomic E-state index is 11.7. The average molecular weight is 566 g/mol. The molecule has 0 aromatic heterocycles. The summed E-state index contributed by atoms with van der Waals surface area (Å²) in [5.41, 5.74) is 3.02. The van der Waals surface area contributed by atoms with Gasteiger partial charge in [-0.05, 0) is 61.3 Å². The number of carbonyl (C=O) groups is 1. The van der Waals surface area contributed by atoms with Crippen LogP contribution in [0.4, 0.5) is 0 Å². The summed E-state index contributed by atoms with van der Waals surface area (Å²) in [7, 11) is 5.12. The normalized spacial score (nSPS) is 15.2. The van der Waals surface area contributed by atoms with Crippen LogP contribution in [-0.4, -0.2) is 57.6 Å². The number of aliphatic imine (C=N–C) groups is 1. The van der Waals surface area contributed by atoms with Gasteiger partial charge in [0.25, 0.3) is 5.91 Å². The summed E-state index contributed by atoms with van der Waals surface area (Å²) >= 11 is 0. The summed E-state index contributed by atoms with van der Waals surface area (Å²) < 4.78 is 5.33. The van der Waals surface area contributed by atoms with Gasteiger partial charge >= 0.3 is 0 Å². The van der Waals surface area contributed by atoms with E-state index >= 15 is 0 Å². The minimum Gasteiger partial charge on any atom is -0.497 e. The van der Waals surface area contributed by atoms with Gasteiger partial charge in [-0.1, -0.05) is 30.7 Å². The molecule has 0 aliphatic carbocycles. The SMILES string of the molecule is CN=C(NCc1ccc(C(=O)NC)cc1)NCC(c1ccc(OC)cc1)N1CCCCC1.I. The number of nitrogens with one attached hydrogen (secondary N) is 3. The minimum absolute atomic E-state index is 0. The highest BCUT2D eigenvalue weighted by Crippen LogP contribution is 2.25. The Morgan fingerprint density at radius 1 is 1.03 bits per heavy atom. The highest BCUT2D eigenvalue weighted by molar-refractivity contribution is 14.0. The molecule has 8 heteroatoms. The first-order chi connectivity index (χ1) is 15.6. The molecule has 1 aliphatic rings. The van der Waals surface area contributed by atoms with Crippen LogP contribution in [0.3, 0.4) is 0 Å². The van der Waals surface area contributed by atoms with E-state index in [1.54, 1.807) is 21.2 Å². The molecule has 1 fully saturated rings. The number of nitrogens with zero attached hydrogens (tertiary/aromatic N) is 2. The fraction of sp³-hybridized carbons (Fsp3) is 0.440. The molecule has 1 saturated heterocycles. The van der Waals surface area contributed by atoms with E-state index in [9.17, 15) is 4.79 Å². The van der Waals surface area contributed by atoms with Crippen LogP contribution >= 0.6 is 24.0 Å². The molecule has 3 rings (SSSR count). The summed E-state index contributed by atoms with van der Waals surface area (Å²) in [6.45, 7) is 3.62. The Bertz CT molecular complexity index is 881. The standard InChI is InChI=1S/C25H35N5O2.HI/c1-26-24(31)21-9-7-19(8-10-21)17-28-25(27-2)29-18-23(30-15-5-4-6-16-30)20-11-13-22(32-3)14-12-20;/h7-14,23H,4-6,15-18H2,1-3H3,(H,26,31)(H2,27,28,29);1H. The number of piperidine rings is 1. The van der Waals surface area contributed by atoms with Crippen molar-refractivity contribution in [3.63, 3.8) is 0 Å². The molecular formula is C25H36IN5O2. The number of likely N-dealkylation sites (tertiary alicyclic amines) is 1.